The maximum atomic E-state index is 12.5. The number of fused-ring (bicyclic) bond motifs is 1. The van der Waals surface area contributed by atoms with Crippen molar-refractivity contribution in [3.63, 3.8) is 0 Å². The smallest absolute Gasteiger partial charge is 0.326 e. The van der Waals surface area contributed by atoms with E-state index in [0.717, 1.165) is 17.7 Å². The van der Waals surface area contributed by atoms with Gasteiger partial charge in [0.1, 0.15) is 6.54 Å². The normalized spacial score (nSPS) is 21.6. The van der Waals surface area contributed by atoms with Crippen molar-refractivity contribution in [2.45, 2.75) is 38.7 Å². The Morgan fingerprint density at radius 2 is 1.67 bits per heavy atom. The lowest BCUT2D eigenvalue weighted by Gasteiger charge is -2.19. The third kappa shape index (κ3) is 4.39. The molecule has 1 aliphatic heterocycles. The Labute approximate surface area is 174 Å². The average Bonchev–Trinajstić information content (AvgIpc) is 2.98. The molecule has 3 amide bonds. The van der Waals surface area contributed by atoms with Gasteiger partial charge in [-0.2, -0.15) is 0 Å². The number of carbonyl (C=O) groups is 4. The van der Waals surface area contributed by atoms with Crippen LogP contribution >= 0.6 is 0 Å². The molecule has 9 heteroatoms. The Balaban J connectivity index is 1.56. The van der Waals surface area contributed by atoms with E-state index in [4.69, 9.17) is 14.2 Å². The van der Waals surface area contributed by atoms with E-state index in [-0.39, 0.29) is 23.7 Å². The number of anilines is 1. The fourth-order valence-corrected chi connectivity index (χ4v) is 3.96. The quantitative estimate of drug-likeness (QED) is 0.530. The second-order valence-corrected chi connectivity index (χ2v) is 7.45. The van der Waals surface area contributed by atoms with E-state index in [9.17, 15) is 19.2 Å². The van der Waals surface area contributed by atoms with Crippen LogP contribution in [0, 0.1) is 11.8 Å². The molecule has 1 aromatic carbocycles. The van der Waals surface area contributed by atoms with Gasteiger partial charge in [0.25, 0.3) is 5.91 Å². The van der Waals surface area contributed by atoms with Crippen LogP contribution in [-0.2, 0) is 23.9 Å². The highest BCUT2D eigenvalue weighted by Gasteiger charge is 2.48. The Hall–Kier alpha value is -3.10. The SMILES string of the molecule is COc1ccc(NC(=O)C(C)OC(=O)CN2C(=O)C3CCCCC3C2=O)cc1OC. The molecule has 162 valence electrons. The molecule has 1 heterocycles. The molecule has 0 radical (unpaired) electrons. The number of benzene rings is 1. The topological polar surface area (TPSA) is 111 Å². The molecule has 3 atom stereocenters. The van der Waals surface area contributed by atoms with Crippen LogP contribution in [0.25, 0.3) is 0 Å². The van der Waals surface area contributed by atoms with Crippen molar-refractivity contribution in [2.24, 2.45) is 11.8 Å². The lowest BCUT2D eigenvalue weighted by molar-refractivity contribution is -0.158. The zero-order valence-corrected chi connectivity index (χ0v) is 17.3. The Morgan fingerprint density at radius 3 is 2.23 bits per heavy atom. The Kier molecular flexibility index (Phi) is 6.59. The molecule has 3 unspecified atom stereocenters. The molecule has 0 bridgehead atoms. The van der Waals surface area contributed by atoms with Crippen LogP contribution in [0.4, 0.5) is 5.69 Å². The number of rotatable bonds is 7. The monoisotopic (exact) mass is 418 g/mol. The number of ether oxygens (including phenoxy) is 3. The fourth-order valence-electron chi connectivity index (χ4n) is 3.96. The van der Waals surface area contributed by atoms with E-state index in [2.05, 4.69) is 5.32 Å². The fraction of sp³-hybridized carbons (Fsp3) is 0.524. The lowest BCUT2D eigenvalue weighted by Crippen LogP contribution is -2.39. The second-order valence-electron chi connectivity index (χ2n) is 7.45. The predicted molar refractivity (Wildman–Crippen MR) is 106 cm³/mol. The minimum absolute atomic E-state index is 0.316. The first-order valence-electron chi connectivity index (χ1n) is 9.93. The molecule has 2 aliphatic rings. The highest BCUT2D eigenvalue weighted by Crippen LogP contribution is 2.37. The van der Waals surface area contributed by atoms with Crippen LogP contribution in [0.15, 0.2) is 18.2 Å². The molecule has 1 saturated carbocycles. The summed E-state index contributed by atoms with van der Waals surface area (Å²) in [5.74, 6) is -1.70. The van der Waals surface area contributed by atoms with Gasteiger partial charge in [0.2, 0.25) is 11.8 Å². The number of likely N-dealkylation sites (tertiary alicyclic amines) is 1. The molecule has 2 fully saturated rings. The number of nitrogens with one attached hydrogen (secondary N) is 1. The molecule has 0 spiro atoms. The average molecular weight is 418 g/mol. The molecular weight excluding hydrogens is 392 g/mol. The van der Waals surface area contributed by atoms with Crippen LogP contribution in [0.5, 0.6) is 11.5 Å². The summed E-state index contributed by atoms with van der Waals surface area (Å²) >= 11 is 0. The molecule has 1 N–H and O–H groups in total. The van der Waals surface area contributed by atoms with Crippen LogP contribution < -0.4 is 14.8 Å². The minimum atomic E-state index is -1.11. The summed E-state index contributed by atoms with van der Waals surface area (Å²) in [4.78, 5) is 50.5. The maximum Gasteiger partial charge on any atom is 0.326 e. The summed E-state index contributed by atoms with van der Waals surface area (Å²) in [6.07, 6.45) is 2.05. The van der Waals surface area contributed by atoms with E-state index >= 15 is 0 Å². The zero-order chi connectivity index (χ0) is 21.8. The number of nitrogens with zero attached hydrogens (tertiary/aromatic N) is 1. The van der Waals surface area contributed by atoms with Gasteiger partial charge in [-0.25, -0.2) is 0 Å². The van der Waals surface area contributed by atoms with Crippen LogP contribution in [0.3, 0.4) is 0 Å². The molecule has 30 heavy (non-hydrogen) atoms. The first-order chi connectivity index (χ1) is 14.3. The largest absolute Gasteiger partial charge is 0.493 e. The van der Waals surface area contributed by atoms with E-state index in [0.29, 0.717) is 30.0 Å². The number of imide groups is 1. The van der Waals surface area contributed by atoms with Crippen molar-refractivity contribution in [1.82, 2.24) is 4.90 Å². The first-order valence-corrected chi connectivity index (χ1v) is 9.93. The maximum absolute atomic E-state index is 12.5. The Bertz CT molecular complexity index is 830. The molecule has 1 aromatic rings. The standard InChI is InChI=1S/C21H26N2O7/c1-12(19(25)22-13-8-9-16(28-2)17(10-13)29-3)30-18(24)11-23-20(26)14-6-4-5-7-15(14)21(23)27/h8-10,12,14-15H,4-7,11H2,1-3H3,(H,22,25). The van der Waals surface area contributed by atoms with E-state index in [1.807, 2.05) is 0 Å². The summed E-state index contributed by atoms with van der Waals surface area (Å²) in [5, 5.41) is 2.63. The summed E-state index contributed by atoms with van der Waals surface area (Å²) in [7, 11) is 2.98. The van der Waals surface area contributed by atoms with Crippen LogP contribution in [-0.4, -0.2) is 55.5 Å². The van der Waals surface area contributed by atoms with E-state index < -0.39 is 24.5 Å². The zero-order valence-electron chi connectivity index (χ0n) is 17.3. The highest BCUT2D eigenvalue weighted by atomic mass is 16.5. The number of amides is 3. The summed E-state index contributed by atoms with van der Waals surface area (Å²) in [6, 6.07) is 4.83. The van der Waals surface area contributed by atoms with Crippen molar-refractivity contribution in [1.29, 1.82) is 0 Å². The summed E-state index contributed by atoms with van der Waals surface area (Å²) in [6.45, 7) is 0.944. The molecule has 9 nitrogen and oxygen atoms in total. The van der Waals surface area contributed by atoms with Crippen LogP contribution in [0.2, 0.25) is 0 Å². The van der Waals surface area contributed by atoms with Gasteiger partial charge in [0.15, 0.2) is 17.6 Å². The van der Waals surface area contributed by atoms with Crippen molar-refractivity contribution in [2.75, 3.05) is 26.1 Å². The lowest BCUT2D eigenvalue weighted by atomic mass is 9.81. The van der Waals surface area contributed by atoms with Crippen molar-refractivity contribution >= 4 is 29.4 Å². The molecule has 0 aromatic heterocycles. The van der Waals surface area contributed by atoms with E-state index in [1.165, 1.54) is 21.1 Å². The third-order valence-electron chi connectivity index (χ3n) is 5.55. The second kappa shape index (κ2) is 9.15. The van der Waals surface area contributed by atoms with Gasteiger partial charge in [-0.3, -0.25) is 24.1 Å². The third-order valence-corrected chi connectivity index (χ3v) is 5.55. The van der Waals surface area contributed by atoms with Crippen molar-refractivity contribution in [3.8, 4) is 11.5 Å². The van der Waals surface area contributed by atoms with Gasteiger partial charge in [-0.05, 0) is 31.9 Å². The number of esters is 1. The van der Waals surface area contributed by atoms with Gasteiger partial charge in [-0.1, -0.05) is 12.8 Å². The van der Waals surface area contributed by atoms with Crippen LogP contribution in [0.1, 0.15) is 32.6 Å². The predicted octanol–water partition coefficient (Wildman–Crippen LogP) is 1.75. The van der Waals surface area contributed by atoms with Gasteiger partial charge in [0, 0.05) is 11.8 Å². The summed E-state index contributed by atoms with van der Waals surface area (Å²) < 4.78 is 15.5. The van der Waals surface area contributed by atoms with Gasteiger partial charge in [-0.15, -0.1) is 0 Å². The Morgan fingerprint density at radius 1 is 1.07 bits per heavy atom. The highest BCUT2D eigenvalue weighted by molar-refractivity contribution is 6.07. The van der Waals surface area contributed by atoms with Gasteiger partial charge in [0.05, 0.1) is 26.1 Å². The van der Waals surface area contributed by atoms with E-state index in [1.54, 1.807) is 18.2 Å². The molecular formula is C21H26N2O7. The molecule has 1 aliphatic carbocycles. The molecule has 1 saturated heterocycles. The number of hydrogen-bond acceptors (Lipinski definition) is 7. The van der Waals surface area contributed by atoms with Gasteiger partial charge < -0.3 is 19.5 Å². The number of carbonyl (C=O) groups excluding carboxylic acids is 4. The summed E-state index contributed by atoms with van der Waals surface area (Å²) in [5.41, 5.74) is 0.439. The number of hydrogen-bond donors (Lipinski definition) is 1. The minimum Gasteiger partial charge on any atom is -0.493 e. The van der Waals surface area contributed by atoms with Crippen molar-refractivity contribution < 1.29 is 33.4 Å². The van der Waals surface area contributed by atoms with Crippen molar-refractivity contribution in [3.05, 3.63) is 18.2 Å². The first kappa shape index (κ1) is 21.6. The molecule has 3 rings (SSSR count). The number of methoxy groups -OCH3 is 2. The van der Waals surface area contributed by atoms with Gasteiger partial charge >= 0.3 is 5.97 Å².